The van der Waals surface area contributed by atoms with Crippen molar-refractivity contribution in [2.45, 2.75) is 62.9 Å². The number of aliphatic hydroxyl groups excluding tert-OH is 3. The van der Waals surface area contributed by atoms with E-state index in [0.717, 1.165) is 22.6 Å². The molecule has 0 spiro atoms. The van der Waals surface area contributed by atoms with E-state index in [1.54, 1.807) is 23.9 Å². The van der Waals surface area contributed by atoms with Crippen LogP contribution in [0.4, 0.5) is 0 Å². The van der Waals surface area contributed by atoms with Crippen LogP contribution in [-0.2, 0) is 19.1 Å². The standard InChI is InChI=1S/C29H38N2O8S/c1-3-40-15-7-14-38-29(18-32)16-23(34)25(31-19(2)33)27(39-29)26(36)24(35)17-30-28(37)22-12-10-21(11-13-22)20-8-5-4-6-9-20/h4-6,8-13,18,23-27,34-36H,3,7,14-17H2,1-2H3,(H,30,37)(H,31,33)/t23-,24+,25+,26+,27+,29+/m0/s1. The van der Waals surface area contributed by atoms with Crippen LogP contribution in [0, 0.1) is 0 Å². The van der Waals surface area contributed by atoms with E-state index in [1.807, 2.05) is 49.4 Å². The van der Waals surface area contributed by atoms with E-state index < -0.39 is 48.1 Å². The molecule has 5 N–H and O–H groups in total. The maximum absolute atomic E-state index is 12.7. The number of hydrogen-bond donors (Lipinski definition) is 5. The molecule has 0 radical (unpaired) electrons. The smallest absolute Gasteiger partial charge is 0.251 e. The highest BCUT2D eigenvalue weighted by Gasteiger charge is 2.51. The van der Waals surface area contributed by atoms with Crippen LogP contribution in [-0.4, -0.2) is 94.3 Å². The molecular formula is C29H38N2O8S. The van der Waals surface area contributed by atoms with Crippen molar-refractivity contribution in [1.29, 1.82) is 0 Å². The Morgan fingerprint density at radius 1 is 1.15 bits per heavy atom. The van der Waals surface area contributed by atoms with Crippen molar-refractivity contribution < 1.29 is 39.2 Å². The predicted molar refractivity (Wildman–Crippen MR) is 152 cm³/mol. The number of ether oxygens (including phenoxy) is 2. The molecule has 2 amide bonds. The van der Waals surface area contributed by atoms with Crippen LogP contribution in [0.3, 0.4) is 0 Å². The van der Waals surface area contributed by atoms with Crippen molar-refractivity contribution in [3.8, 4) is 11.1 Å². The summed E-state index contributed by atoms with van der Waals surface area (Å²) in [6, 6.07) is 15.5. The Labute approximate surface area is 238 Å². The van der Waals surface area contributed by atoms with Crippen molar-refractivity contribution in [2.24, 2.45) is 0 Å². The maximum Gasteiger partial charge on any atom is 0.251 e. The summed E-state index contributed by atoms with van der Waals surface area (Å²) < 4.78 is 11.6. The van der Waals surface area contributed by atoms with E-state index in [1.165, 1.54) is 6.92 Å². The first-order valence-electron chi connectivity index (χ1n) is 13.3. The third-order valence-electron chi connectivity index (χ3n) is 6.59. The minimum absolute atomic E-state index is 0.174. The molecule has 1 aliphatic heterocycles. The maximum atomic E-state index is 12.7. The zero-order valence-electron chi connectivity index (χ0n) is 22.7. The van der Waals surface area contributed by atoms with Gasteiger partial charge in [0, 0.05) is 25.5 Å². The summed E-state index contributed by atoms with van der Waals surface area (Å²) in [5.74, 6) is -1.08. The molecule has 0 bridgehead atoms. The van der Waals surface area contributed by atoms with E-state index in [9.17, 15) is 29.7 Å². The number of nitrogens with one attached hydrogen (secondary N) is 2. The molecule has 0 saturated carbocycles. The van der Waals surface area contributed by atoms with E-state index in [4.69, 9.17) is 9.47 Å². The zero-order valence-corrected chi connectivity index (χ0v) is 23.5. The lowest BCUT2D eigenvalue weighted by Crippen LogP contribution is -2.66. The van der Waals surface area contributed by atoms with Crippen molar-refractivity contribution in [3.05, 3.63) is 60.2 Å². The van der Waals surface area contributed by atoms with Crippen LogP contribution in [0.25, 0.3) is 11.1 Å². The third-order valence-corrected chi connectivity index (χ3v) is 7.57. The first-order valence-corrected chi connectivity index (χ1v) is 14.5. The summed E-state index contributed by atoms with van der Waals surface area (Å²) in [7, 11) is 0. The van der Waals surface area contributed by atoms with Crippen LogP contribution in [0.1, 0.15) is 37.0 Å². The number of amides is 2. The van der Waals surface area contributed by atoms with Crippen LogP contribution in [0.2, 0.25) is 0 Å². The number of aliphatic hydroxyl groups is 3. The molecule has 1 aliphatic rings. The van der Waals surface area contributed by atoms with Gasteiger partial charge in [0.2, 0.25) is 11.7 Å². The van der Waals surface area contributed by atoms with Crippen LogP contribution >= 0.6 is 11.8 Å². The summed E-state index contributed by atoms with van der Waals surface area (Å²) in [5.41, 5.74) is 2.30. The molecule has 2 aromatic carbocycles. The molecule has 3 rings (SSSR count). The number of thioether (sulfide) groups is 1. The Bertz CT molecular complexity index is 1100. The summed E-state index contributed by atoms with van der Waals surface area (Å²) in [4.78, 5) is 36.5. The average Bonchev–Trinajstić information content (AvgIpc) is 2.96. The van der Waals surface area contributed by atoms with Gasteiger partial charge in [0.05, 0.1) is 24.9 Å². The van der Waals surface area contributed by atoms with Gasteiger partial charge in [0.1, 0.15) is 12.2 Å². The fourth-order valence-electron chi connectivity index (χ4n) is 4.52. The second-order valence-electron chi connectivity index (χ2n) is 9.62. The molecule has 11 heteroatoms. The molecule has 10 nitrogen and oxygen atoms in total. The Morgan fingerprint density at radius 3 is 2.45 bits per heavy atom. The Morgan fingerprint density at radius 2 is 1.82 bits per heavy atom. The van der Waals surface area contributed by atoms with Crippen LogP contribution < -0.4 is 10.6 Å². The molecule has 0 aromatic heterocycles. The van der Waals surface area contributed by atoms with E-state index in [2.05, 4.69) is 10.6 Å². The minimum atomic E-state index is -1.86. The van der Waals surface area contributed by atoms with Gasteiger partial charge in [-0.3, -0.25) is 14.4 Å². The van der Waals surface area contributed by atoms with Crippen molar-refractivity contribution in [1.82, 2.24) is 10.6 Å². The first-order chi connectivity index (χ1) is 19.2. The van der Waals surface area contributed by atoms with Gasteiger partial charge < -0.3 is 35.4 Å². The second-order valence-corrected chi connectivity index (χ2v) is 11.0. The predicted octanol–water partition coefficient (Wildman–Crippen LogP) is 1.51. The lowest BCUT2D eigenvalue weighted by Gasteiger charge is -2.46. The number of hydrogen-bond acceptors (Lipinski definition) is 9. The average molecular weight is 575 g/mol. The van der Waals surface area contributed by atoms with E-state index in [-0.39, 0.29) is 19.6 Å². The summed E-state index contributed by atoms with van der Waals surface area (Å²) >= 11 is 1.71. The highest BCUT2D eigenvalue weighted by molar-refractivity contribution is 7.99. The Balaban J connectivity index is 1.65. The molecule has 1 heterocycles. The first kappa shape index (κ1) is 31.7. The number of carbonyl (C=O) groups is 3. The highest BCUT2D eigenvalue weighted by Crippen LogP contribution is 2.32. The van der Waals surface area contributed by atoms with Crippen molar-refractivity contribution in [3.63, 3.8) is 0 Å². The Kier molecular flexibility index (Phi) is 12.1. The van der Waals surface area contributed by atoms with Gasteiger partial charge in [-0.05, 0) is 41.2 Å². The topological polar surface area (TPSA) is 154 Å². The van der Waals surface area contributed by atoms with E-state index in [0.29, 0.717) is 18.3 Å². The fourth-order valence-corrected chi connectivity index (χ4v) is 5.13. The Hall–Kier alpha value is -2.80. The van der Waals surface area contributed by atoms with Crippen LogP contribution in [0.5, 0.6) is 0 Å². The van der Waals surface area contributed by atoms with Crippen LogP contribution in [0.15, 0.2) is 54.6 Å². The molecule has 1 saturated heterocycles. The monoisotopic (exact) mass is 574 g/mol. The molecular weight excluding hydrogens is 536 g/mol. The normalized spacial score (nSPS) is 24.1. The minimum Gasteiger partial charge on any atom is -0.391 e. The van der Waals surface area contributed by atoms with Gasteiger partial charge >= 0.3 is 0 Å². The molecule has 218 valence electrons. The van der Waals surface area contributed by atoms with Crippen molar-refractivity contribution in [2.75, 3.05) is 24.7 Å². The summed E-state index contributed by atoms with van der Waals surface area (Å²) in [5, 5.41) is 37.6. The molecule has 40 heavy (non-hydrogen) atoms. The SMILES string of the molecule is CCSCCCO[C@]1(C=O)C[C@H](O)[C@@H](NC(C)=O)[C@H]([C@H](O)[C@H](O)CNC(=O)c2ccc(-c3ccccc3)cc2)O1. The van der Waals surface area contributed by atoms with Gasteiger partial charge in [-0.2, -0.15) is 11.8 Å². The fraction of sp³-hybridized carbons (Fsp3) is 0.483. The van der Waals surface area contributed by atoms with Gasteiger partial charge in [-0.1, -0.05) is 49.4 Å². The van der Waals surface area contributed by atoms with E-state index >= 15 is 0 Å². The van der Waals surface area contributed by atoms with Gasteiger partial charge in [-0.25, -0.2) is 0 Å². The largest absolute Gasteiger partial charge is 0.391 e. The molecule has 6 atom stereocenters. The highest BCUT2D eigenvalue weighted by atomic mass is 32.2. The molecule has 1 fully saturated rings. The number of rotatable bonds is 14. The zero-order chi connectivity index (χ0) is 29.1. The van der Waals surface area contributed by atoms with Gasteiger partial charge in [0.25, 0.3) is 5.91 Å². The lowest BCUT2D eigenvalue weighted by atomic mass is 9.88. The lowest BCUT2D eigenvalue weighted by molar-refractivity contribution is -0.296. The number of carbonyl (C=O) groups excluding carboxylic acids is 3. The molecule has 2 aromatic rings. The number of aldehydes is 1. The summed E-state index contributed by atoms with van der Waals surface area (Å²) in [6.45, 7) is 3.09. The van der Waals surface area contributed by atoms with Gasteiger partial charge in [0.15, 0.2) is 6.29 Å². The second kappa shape index (κ2) is 15.3. The van der Waals surface area contributed by atoms with Crippen molar-refractivity contribution >= 4 is 29.9 Å². The molecule has 0 unspecified atom stereocenters. The quantitative estimate of drug-likeness (QED) is 0.167. The summed E-state index contributed by atoms with van der Waals surface area (Å²) in [6.07, 6.45) is -5.16. The van der Waals surface area contributed by atoms with Gasteiger partial charge in [-0.15, -0.1) is 0 Å². The molecule has 0 aliphatic carbocycles. The third kappa shape index (κ3) is 8.60. The number of benzene rings is 2.